The van der Waals surface area contributed by atoms with E-state index in [1.54, 1.807) is 7.11 Å². The Bertz CT molecular complexity index is 705. The van der Waals surface area contributed by atoms with Crippen molar-refractivity contribution in [1.29, 1.82) is 0 Å². The average molecular weight is 379 g/mol. The first-order valence-electron chi connectivity index (χ1n) is 8.90. The van der Waals surface area contributed by atoms with Crippen molar-refractivity contribution in [3.63, 3.8) is 0 Å². The summed E-state index contributed by atoms with van der Waals surface area (Å²) in [7, 11) is 1.64. The van der Waals surface area contributed by atoms with Crippen LogP contribution in [0.4, 0.5) is 0 Å². The van der Waals surface area contributed by atoms with Gasteiger partial charge in [0.05, 0.1) is 7.11 Å². The third-order valence-electron chi connectivity index (χ3n) is 4.26. The van der Waals surface area contributed by atoms with Crippen LogP contribution in [0.1, 0.15) is 49.2 Å². The van der Waals surface area contributed by atoms with E-state index < -0.39 is 4.84 Å². The first kappa shape index (κ1) is 20.1. The molecule has 0 aliphatic rings. The largest absolute Gasteiger partial charge is 0.496 e. The number of benzene rings is 2. The van der Waals surface area contributed by atoms with Crippen molar-refractivity contribution in [2.75, 3.05) is 7.11 Å². The van der Waals surface area contributed by atoms with E-state index in [0.29, 0.717) is 11.8 Å². The Labute approximate surface area is 162 Å². The molecular formula is C22H28Cl2O. The maximum Gasteiger partial charge on any atom is 0.136 e. The molecule has 0 heterocycles. The Balaban J connectivity index is 2.47. The lowest BCUT2D eigenvalue weighted by atomic mass is 9.90. The van der Waals surface area contributed by atoms with E-state index in [2.05, 4.69) is 52.0 Å². The van der Waals surface area contributed by atoms with E-state index in [4.69, 9.17) is 27.9 Å². The molecule has 0 saturated heterocycles. The molecule has 0 fully saturated rings. The van der Waals surface area contributed by atoms with Crippen molar-refractivity contribution in [2.24, 2.45) is 11.8 Å². The molecule has 0 aliphatic carbocycles. The lowest BCUT2D eigenvalue weighted by Gasteiger charge is -2.17. The molecule has 0 saturated carbocycles. The van der Waals surface area contributed by atoms with E-state index >= 15 is 0 Å². The van der Waals surface area contributed by atoms with Gasteiger partial charge in [-0.05, 0) is 59.1 Å². The number of hydrogen-bond acceptors (Lipinski definition) is 1. The average Bonchev–Trinajstić information content (AvgIpc) is 2.54. The van der Waals surface area contributed by atoms with Crippen LogP contribution < -0.4 is 4.74 Å². The molecule has 3 heteroatoms. The molecule has 2 aromatic rings. The van der Waals surface area contributed by atoms with E-state index in [9.17, 15) is 0 Å². The Morgan fingerprint density at radius 1 is 0.800 bits per heavy atom. The van der Waals surface area contributed by atoms with Gasteiger partial charge in [0.1, 0.15) is 10.6 Å². The van der Waals surface area contributed by atoms with Gasteiger partial charge in [0.15, 0.2) is 0 Å². The van der Waals surface area contributed by atoms with Crippen LogP contribution in [-0.4, -0.2) is 7.11 Å². The van der Waals surface area contributed by atoms with Gasteiger partial charge in [0, 0.05) is 5.56 Å². The minimum atomic E-state index is -0.606. The highest BCUT2D eigenvalue weighted by Crippen LogP contribution is 2.36. The topological polar surface area (TPSA) is 9.23 Å². The van der Waals surface area contributed by atoms with Gasteiger partial charge in [-0.2, -0.15) is 0 Å². The molecule has 0 radical (unpaired) electrons. The van der Waals surface area contributed by atoms with Crippen molar-refractivity contribution in [1.82, 2.24) is 0 Å². The molecule has 0 atom stereocenters. The quantitative estimate of drug-likeness (QED) is 0.461. The smallest absolute Gasteiger partial charge is 0.136 e. The summed E-state index contributed by atoms with van der Waals surface area (Å²) in [4.78, 5) is -0.606. The van der Waals surface area contributed by atoms with Gasteiger partial charge in [-0.3, -0.25) is 0 Å². The number of alkyl halides is 2. The Kier molecular flexibility index (Phi) is 7.22. The summed E-state index contributed by atoms with van der Waals surface area (Å²) in [6.07, 6.45) is 2.20. The highest BCUT2D eigenvalue weighted by atomic mass is 35.5. The van der Waals surface area contributed by atoms with Gasteiger partial charge in [0.2, 0.25) is 0 Å². The SMILES string of the molecule is COc1ccc(-c2ccc(CC(C)C)c(CC(C)C)c2)cc1C(Cl)Cl. The predicted molar refractivity (Wildman–Crippen MR) is 110 cm³/mol. The first-order valence-corrected chi connectivity index (χ1v) is 9.77. The number of ether oxygens (including phenoxy) is 1. The van der Waals surface area contributed by atoms with Crippen molar-refractivity contribution in [3.8, 4) is 16.9 Å². The molecule has 0 aromatic heterocycles. The highest BCUT2D eigenvalue weighted by Gasteiger charge is 2.14. The van der Waals surface area contributed by atoms with Gasteiger partial charge < -0.3 is 4.74 Å². The normalized spacial score (nSPS) is 11.6. The van der Waals surface area contributed by atoms with E-state index in [1.807, 2.05) is 12.1 Å². The van der Waals surface area contributed by atoms with Crippen LogP contribution in [0.15, 0.2) is 36.4 Å². The van der Waals surface area contributed by atoms with Crippen molar-refractivity contribution < 1.29 is 4.74 Å². The fraction of sp³-hybridized carbons (Fsp3) is 0.455. The molecule has 0 unspecified atom stereocenters. The molecule has 0 N–H and O–H groups in total. The molecule has 25 heavy (non-hydrogen) atoms. The second-order valence-corrected chi connectivity index (χ2v) is 8.53. The maximum atomic E-state index is 6.11. The molecule has 0 spiro atoms. The minimum absolute atomic E-state index is 0.606. The van der Waals surface area contributed by atoms with Crippen LogP contribution >= 0.6 is 23.2 Å². The third-order valence-corrected chi connectivity index (χ3v) is 4.73. The summed E-state index contributed by atoms with van der Waals surface area (Å²) in [5.74, 6) is 2.00. The molecular weight excluding hydrogens is 351 g/mol. The fourth-order valence-corrected chi connectivity index (χ4v) is 3.50. The standard InChI is InChI=1S/C22H28Cl2O/c1-14(2)10-16-6-7-17(12-19(16)11-15(3)4)18-8-9-21(25-5)20(13-18)22(23)24/h6-9,12-15,22H,10-11H2,1-5H3. The fourth-order valence-electron chi connectivity index (χ4n) is 3.16. The lowest BCUT2D eigenvalue weighted by molar-refractivity contribution is 0.411. The molecule has 136 valence electrons. The molecule has 2 rings (SSSR count). The van der Waals surface area contributed by atoms with Crippen LogP contribution in [-0.2, 0) is 12.8 Å². The highest BCUT2D eigenvalue weighted by molar-refractivity contribution is 6.44. The second-order valence-electron chi connectivity index (χ2n) is 7.44. The van der Waals surface area contributed by atoms with Gasteiger partial charge in [-0.15, -0.1) is 0 Å². The Morgan fingerprint density at radius 2 is 1.36 bits per heavy atom. The summed E-state index contributed by atoms with van der Waals surface area (Å²) in [5.41, 5.74) is 6.00. The third kappa shape index (κ3) is 5.39. The van der Waals surface area contributed by atoms with Crippen LogP contribution in [0, 0.1) is 11.8 Å². The van der Waals surface area contributed by atoms with E-state index in [0.717, 1.165) is 29.7 Å². The van der Waals surface area contributed by atoms with Gasteiger partial charge in [-0.1, -0.05) is 75.2 Å². The second kappa shape index (κ2) is 8.96. The van der Waals surface area contributed by atoms with Gasteiger partial charge >= 0.3 is 0 Å². The molecule has 0 amide bonds. The first-order chi connectivity index (χ1) is 11.8. The molecule has 0 aliphatic heterocycles. The minimum Gasteiger partial charge on any atom is -0.496 e. The summed E-state index contributed by atoms with van der Waals surface area (Å²) >= 11 is 12.2. The Hall–Kier alpha value is -1.18. The predicted octanol–water partition coefficient (Wildman–Crippen LogP) is 7.24. The molecule has 0 bridgehead atoms. The summed E-state index contributed by atoms with van der Waals surface area (Å²) < 4.78 is 5.37. The van der Waals surface area contributed by atoms with Gasteiger partial charge in [-0.25, -0.2) is 0 Å². The summed E-state index contributed by atoms with van der Waals surface area (Å²) in [6.45, 7) is 9.07. The lowest BCUT2D eigenvalue weighted by Crippen LogP contribution is -2.03. The van der Waals surface area contributed by atoms with Crippen LogP contribution in [0.5, 0.6) is 5.75 Å². The zero-order chi connectivity index (χ0) is 18.6. The van der Waals surface area contributed by atoms with Crippen molar-refractivity contribution in [2.45, 2.75) is 45.4 Å². The number of rotatable bonds is 7. The molecule has 2 aromatic carbocycles. The van der Waals surface area contributed by atoms with Crippen LogP contribution in [0.25, 0.3) is 11.1 Å². The summed E-state index contributed by atoms with van der Waals surface area (Å²) in [5, 5.41) is 0. The monoisotopic (exact) mass is 378 g/mol. The Morgan fingerprint density at radius 3 is 1.92 bits per heavy atom. The molecule has 1 nitrogen and oxygen atoms in total. The number of halogens is 2. The van der Waals surface area contributed by atoms with E-state index in [1.165, 1.54) is 16.7 Å². The van der Waals surface area contributed by atoms with E-state index in [-0.39, 0.29) is 0 Å². The zero-order valence-corrected chi connectivity index (χ0v) is 17.3. The number of methoxy groups -OCH3 is 1. The van der Waals surface area contributed by atoms with Gasteiger partial charge in [0.25, 0.3) is 0 Å². The van der Waals surface area contributed by atoms with Crippen molar-refractivity contribution >= 4 is 23.2 Å². The maximum absolute atomic E-state index is 6.11. The van der Waals surface area contributed by atoms with Crippen molar-refractivity contribution in [3.05, 3.63) is 53.1 Å². The van der Waals surface area contributed by atoms with Crippen LogP contribution in [0.2, 0.25) is 0 Å². The number of hydrogen-bond donors (Lipinski definition) is 0. The summed E-state index contributed by atoms with van der Waals surface area (Å²) in [6, 6.07) is 12.8. The van der Waals surface area contributed by atoms with Crippen LogP contribution in [0.3, 0.4) is 0 Å². The zero-order valence-electron chi connectivity index (χ0n) is 15.8.